The first-order valence-corrected chi connectivity index (χ1v) is 5.22. The topological polar surface area (TPSA) is 104 Å². The number of hydrogen-bond acceptors (Lipinski definition) is 4. The fraction of sp³-hybridized carbons (Fsp3) is 0.500. The van der Waals surface area contributed by atoms with Gasteiger partial charge in [-0.3, -0.25) is 0 Å². The minimum Gasteiger partial charge on any atom is -0.480 e. The molecule has 1 rings (SSSR count). The standard InChI is InChI=1S/C10H15N3O4/c1-3-8(9(14)15)12-10(16)11-5-7-4-6(2)13-17-7/h4,8H,3,5H2,1-2H3,(H,14,15)(H2,11,12,16)/t8-/m1/s1. The molecule has 0 bridgehead atoms. The minimum absolute atomic E-state index is 0.169. The number of aryl methyl sites for hydroxylation is 1. The van der Waals surface area contributed by atoms with Crippen molar-refractivity contribution in [1.82, 2.24) is 15.8 Å². The van der Waals surface area contributed by atoms with Gasteiger partial charge in [-0.25, -0.2) is 9.59 Å². The Hall–Kier alpha value is -2.05. The molecule has 1 aromatic heterocycles. The molecule has 1 heterocycles. The van der Waals surface area contributed by atoms with Crippen LogP contribution >= 0.6 is 0 Å². The second kappa shape index (κ2) is 5.88. The van der Waals surface area contributed by atoms with E-state index in [0.717, 1.165) is 5.69 Å². The number of aromatic nitrogens is 1. The predicted octanol–water partition coefficient (Wildman–Crippen LogP) is 0.645. The molecule has 1 aromatic rings. The Bertz CT molecular complexity index is 402. The van der Waals surface area contributed by atoms with Crippen molar-refractivity contribution in [3.8, 4) is 0 Å². The van der Waals surface area contributed by atoms with Crippen molar-refractivity contribution in [2.24, 2.45) is 0 Å². The molecule has 7 nitrogen and oxygen atoms in total. The highest BCUT2D eigenvalue weighted by molar-refractivity contribution is 5.82. The van der Waals surface area contributed by atoms with Crippen LogP contribution in [0.1, 0.15) is 24.8 Å². The summed E-state index contributed by atoms with van der Waals surface area (Å²) in [6, 6.07) is 0.258. The number of nitrogens with one attached hydrogen (secondary N) is 2. The summed E-state index contributed by atoms with van der Waals surface area (Å²) in [6.07, 6.45) is 0.324. The van der Waals surface area contributed by atoms with Crippen LogP contribution in [-0.4, -0.2) is 28.3 Å². The third kappa shape index (κ3) is 4.13. The Labute approximate surface area is 98.2 Å². The summed E-state index contributed by atoms with van der Waals surface area (Å²) in [5.41, 5.74) is 0.721. The van der Waals surface area contributed by atoms with Gasteiger partial charge in [0.05, 0.1) is 12.2 Å². The number of carboxylic acids is 1. The van der Waals surface area contributed by atoms with Crippen molar-refractivity contribution in [3.63, 3.8) is 0 Å². The smallest absolute Gasteiger partial charge is 0.326 e. The first-order valence-electron chi connectivity index (χ1n) is 5.22. The van der Waals surface area contributed by atoms with E-state index in [2.05, 4.69) is 15.8 Å². The SMILES string of the molecule is CC[C@@H](NC(=O)NCc1cc(C)no1)C(=O)O. The van der Waals surface area contributed by atoms with Crippen molar-refractivity contribution < 1.29 is 19.2 Å². The molecule has 3 N–H and O–H groups in total. The van der Waals surface area contributed by atoms with Gasteiger partial charge < -0.3 is 20.3 Å². The maximum Gasteiger partial charge on any atom is 0.326 e. The molecular formula is C10H15N3O4. The minimum atomic E-state index is -1.06. The second-order valence-corrected chi connectivity index (χ2v) is 3.56. The summed E-state index contributed by atoms with van der Waals surface area (Å²) in [5.74, 6) is -0.542. The molecule has 0 radical (unpaired) electrons. The molecule has 0 saturated carbocycles. The molecule has 7 heteroatoms. The van der Waals surface area contributed by atoms with E-state index in [1.165, 1.54) is 0 Å². The molecule has 0 unspecified atom stereocenters. The predicted molar refractivity (Wildman–Crippen MR) is 58.3 cm³/mol. The molecular weight excluding hydrogens is 226 g/mol. The van der Waals surface area contributed by atoms with Crippen LogP contribution in [0.25, 0.3) is 0 Å². The zero-order valence-electron chi connectivity index (χ0n) is 9.69. The number of urea groups is 1. The Balaban J connectivity index is 2.37. The number of carbonyl (C=O) groups excluding carboxylic acids is 1. The van der Waals surface area contributed by atoms with Gasteiger partial charge in [-0.2, -0.15) is 0 Å². The molecule has 0 aromatic carbocycles. The molecule has 0 aliphatic carbocycles. The first-order chi connectivity index (χ1) is 8.02. The van der Waals surface area contributed by atoms with E-state index < -0.39 is 18.0 Å². The molecule has 17 heavy (non-hydrogen) atoms. The summed E-state index contributed by atoms with van der Waals surface area (Å²) >= 11 is 0. The normalized spacial score (nSPS) is 11.9. The number of nitrogens with zero attached hydrogens (tertiary/aromatic N) is 1. The average molecular weight is 241 g/mol. The lowest BCUT2D eigenvalue weighted by Crippen LogP contribution is -2.45. The highest BCUT2D eigenvalue weighted by Crippen LogP contribution is 2.00. The Morgan fingerprint density at radius 3 is 2.76 bits per heavy atom. The van der Waals surface area contributed by atoms with Gasteiger partial charge in [-0.15, -0.1) is 0 Å². The van der Waals surface area contributed by atoms with Crippen LogP contribution in [0.3, 0.4) is 0 Å². The fourth-order valence-corrected chi connectivity index (χ4v) is 1.21. The van der Waals surface area contributed by atoms with E-state index in [0.29, 0.717) is 12.2 Å². The van der Waals surface area contributed by atoms with Gasteiger partial charge in [0, 0.05) is 6.07 Å². The maximum absolute atomic E-state index is 11.3. The van der Waals surface area contributed by atoms with Gasteiger partial charge in [0.25, 0.3) is 0 Å². The van der Waals surface area contributed by atoms with Crippen LogP contribution in [0, 0.1) is 6.92 Å². The Morgan fingerprint density at radius 2 is 2.29 bits per heavy atom. The van der Waals surface area contributed by atoms with Gasteiger partial charge in [0.15, 0.2) is 5.76 Å². The van der Waals surface area contributed by atoms with E-state index in [-0.39, 0.29) is 6.54 Å². The second-order valence-electron chi connectivity index (χ2n) is 3.56. The molecule has 0 fully saturated rings. The molecule has 0 saturated heterocycles. The number of carbonyl (C=O) groups is 2. The van der Waals surface area contributed by atoms with Crippen LogP contribution in [-0.2, 0) is 11.3 Å². The van der Waals surface area contributed by atoms with Gasteiger partial charge in [0.1, 0.15) is 6.04 Å². The molecule has 0 aliphatic heterocycles. The largest absolute Gasteiger partial charge is 0.480 e. The van der Waals surface area contributed by atoms with E-state index in [1.54, 1.807) is 19.9 Å². The van der Waals surface area contributed by atoms with E-state index >= 15 is 0 Å². The van der Waals surface area contributed by atoms with Gasteiger partial charge in [-0.1, -0.05) is 12.1 Å². The van der Waals surface area contributed by atoms with E-state index in [4.69, 9.17) is 9.63 Å². The van der Waals surface area contributed by atoms with Crippen LogP contribution in [0.15, 0.2) is 10.6 Å². The number of carboxylic acid groups (broad SMARTS) is 1. The monoisotopic (exact) mass is 241 g/mol. The third-order valence-corrected chi connectivity index (χ3v) is 2.11. The maximum atomic E-state index is 11.3. The van der Waals surface area contributed by atoms with Crippen molar-refractivity contribution >= 4 is 12.0 Å². The lowest BCUT2D eigenvalue weighted by molar-refractivity contribution is -0.139. The van der Waals surface area contributed by atoms with Crippen molar-refractivity contribution in [3.05, 3.63) is 17.5 Å². The van der Waals surface area contributed by atoms with Crippen LogP contribution in [0.2, 0.25) is 0 Å². The lowest BCUT2D eigenvalue weighted by atomic mass is 10.2. The molecule has 94 valence electrons. The lowest BCUT2D eigenvalue weighted by Gasteiger charge is -2.12. The van der Waals surface area contributed by atoms with Crippen molar-refractivity contribution in [2.45, 2.75) is 32.9 Å². The Kier molecular flexibility index (Phi) is 4.50. The summed E-state index contributed by atoms with van der Waals surface area (Å²) in [7, 11) is 0. The summed E-state index contributed by atoms with van der Waals surface area (Å²) in [5, 5.41) is 17.2. The number of rotatable bonds is 5. The fourth-order valence-electron chi connectivity index (χ4n) is 1.21. The van der Waals surface area contributed by atoms with Crippen LogP contribution in [0.5, 0.6) is 0 Å². The highest BCUT2D eigenvalue weighted by atomic mass is 16.5. The van der Waals surface area contributed by atoms with Crippen LogP contribution in [0.4, 0.5) is 4.79 Å². The quantitative estimate of drug-likeness (QED) is 0.701. The molecule has 1 atom stereocenters. The number of hydrogen-bond donors (Lipinski definition) is 3. The molecule has 0 spiro atoms. The van der Waals surface area contributed by atoms with E-state index in [1.807, 2.05) is 0 Å². The van der Waals surface area contributed by atoms with Gasteiger partial charge >= 0.3 is 12.0 Å². The first kappa shape index (κ1) is 13.0. The van der Waals surface area contributed by atoms with Gasteiger partial charge in [0.2, 0.25) is 0 Å². The zero-order valence-corrected chi connectivity index (χ0v) is 9.69. The highest BCUT2D eigenvalue weighted by Gasteiger charge is 2.17. The number of aliphatic carboxylic acids is 1. The van der Waals surface area contributed by atoms with E-state index in [9.17, 15) is 9.59 Å². The van der Waals surface area contributed by atoms with Crippen molar-refractivity contribution in [2.75, 3.05) is 0 Å². The summed E-state index contributed by atoms with van der Waals surface area (Å²) in [4.78, 5) is 22.0. The Morgan fingerprint density at radius 1 is 1.59 bits per heavy atom. The molecule has 2 amide bonds. The summed E-state index contributed by atoms with van der Waals surface area (Å²) < 4.78 is 4.88. The van der Waals surface area contributed by atoms with Crippen molar-refractivity contribution in [1.29, 1.82) is 0 Å². The van der Waals surface area contributed by atoms with Crippen LogP contribution < -0.4 is 10.6 Å². The summed E-state index contributed by atoms with van der Waals surface area (Å²) in [6.45, 7) is 3.62. The zero-order chi connectivity index (χ0) is 12.8. The third-order valence-electron chi connectivity index (χ3n) is 2.11. The number of amides is 2. The average Bonchev–Trinajstić information content (AvgIpc) is 2.68. The molecule has 0 aliphatic rings. The van der Waals surface area contributed by atoms with Gasteiger partial charge in [-0.05, 0) is 13.3 Å².